The van der Waals surface area contributed by atoms with E-state index in [1.807, 2.05) is 54.6 Å². The molecule has 1 aliphatic carbocycles. The Hall–Kier alpha value is -0.870. The molecule has 1 atom stereocenters. The summed E-state index contributed by atoms with van der Waals surface area (Å²) in [6.07, 6.45) is 6.33. The fourth-order valence-electron chi connectivity index (χ4n) is 4.80. The number of aliphatic hydroxyl groups is 1. The monoisotopic (exact) mass is 449 g/mol. The molecule has 0 radical (unpaired) electrons. The highest BCUT2D eigenvalue weighted by molar-refractivity contribution is 9.10. The number of benzene rings is 2. The van der Waals surface area contributed by atoms with Gasteiger partial charge in [0.15, 0.2) is 0 Å². The molecule has 0 spiro atoms. The predicted octanol–water partition coefficient (Wildman–Crippen LogP) is 5.62. The van der Waals surface area contributed by atoms with E-state index in [0.717, 1.165) is 40.4 Å². The molecule has 1 unspecified atom stereocenters. The minimum atomic E-state index is -0.937. The van der Waals surface area contributed by atoms with Crippen molar-refractivity contribution in [2.24, 2.45) is 11.8 Å². The molecule has 5 rings (SSSR count). The topological polar surface area (TPSA) is 23.5 Å². The van der Waals surface area contributed by atoms with Crippen molar-refractivity contribution in [3.63, 3.8) is 0 Å². The van der Waals surface area contributed by atoms with E-state index < -0.39 is 5.60 Å². The standard InChI is InChI=1S/C23H28BrNO.ClH/c24-22-12-10-21(11-13-22)23(26,20-4-2-1-3-5-20)14-15-25-16-18-6-7-19(17-25)9-8-18;/h1-5,10-13,18-19,26H,6-9,14-17H2;1H. The number of rotatable bonds is 5. The lowest BCUT2D eigenvalue weighted by atomic mass is 9.83. The predicted molar refractivity (Wildman–Crippen MR) is 117 cm³/mol. The highest BCUT2D eigenvalue weighted by Crippen LogP contribution is 2.37. The second-order valence-electron chi connectivity index (χ2n) is 8.13. The summed E-state index contributed by atoms with van der Waals surface area (Å²) in [4.78, 5) is 2.61. The van der Waals surface area contributed by atoms with E-state index in [-0.39, 0.29) is 12.4 Å². The zero-order valence-corrected chi connectivity index (χ0v) is 18.1. The second kappa shape index (κ2) is 9.09. The molecule has 2 bridgehead atoms. The van der Waals surface area contributed by atoms with Crippen LogP contribution in [-0.4, -0.2) is 29.6 Å². The first-order valence-electron chi connectivity index (χ1n) is 9.90. The lowest BCUT2D eigenvalue weighted by Gasteiger charge is -2.33. The third-order valence-electron chi connectivity index (χ3n) is 6.36. The molecule has 27 heavy (non-hydrogen) atoms. The maximum Gasteiger partial charge on any atom is 0.116 e. The van der Waals surface area contributed by atoms with Crippen LogP contribution >= 0.6 is 28.3 Å². The molecule has 0 aromatic heterocycles. The summed E-state index contributed by atoms with van der Waals surface area (Å²) in [5, 5.41) is 11.8. The van der Waals surface area contributed by atoms with E-state index in [2.05, 4.69) is 20.8 Å². The number of hydrogen-bond donors (Lipinski definition) is 1. The molecule has 2 nitrogen and oxygen atoms in total. The second-order valence-corrected chi connectivity index (χ2v) is 9.05. The van der Waals surface area contributed by atoms with Gasteiger partial charge in [-0.15, -0.1) is 12.4 Å². The summed E-state index contributed by atoms with van der Waals surface area (Å²) in [6.45, 7) is 3.37. The van der Waals surface area contributed by atoms with Gasteiger partial charge in [-0.1, -0.05) is 58.4 Å². The number of nitrogens with zero attached hydrogens (tertiary/aromatic N) is 1. The van der Waals surface area contributed by atoms with Crippen LogP contribution in [-0.2, 0) is 5.60 Å². The Kier molecular flexibility index (Phi) is 7.02. The third kappa shape index (κ3) is 4.76. The van der Waals surface area contributed by atoms with Gasteiger partial charge in [0, 0.05) is 24.1 Å². The lowest BCUT2D eigenvalue weighted by Crippen LogP contribution is -2.36. The molecule has 3 aliphatic rings. The molecule has 2 saturated heterocycles. The van der Waals surface area contributed by atoms with Gasteiger partial charge in [0.2, 0.25) is 0 Å². The normalized spacial score (nSPS) is 24.7. The van der Waals surface area contributed by atoms with Crippen LogP contribution in [0.1, 0.15) is 43.2 Å². The van der Waals surface area contributed by atoms with E-state index in [1.54, 1.807) is 0 Å². The van der Waals surface area contributed by atoms with Gasteiger partial charge in [0.05, 0.1) is 0 Å². The van der Waals surface area contributed by atoms with Crippen molar-refractivity contribution in [1.29, 1.82) is 0 Å². The minimum Gasteiger partial charge on any atom is -0.380 e. The summed E-state index contributed by atoms with van der Waals surface area (Å²) in [5.41, 5.74) is 1.03. The molecule has 3 fully saturated rings. The molecule has 2 aromatic rings. The average Bonchev–Trinajstić information content (AvgIpc) is 3.00. The minimum absolute atomic E-state index is 0. The highest BCUT2D eigenvalue weighted by Gasteiger charge is 2.34. The first-order chi connectivity index (χ1) is 12.6. The van der Waals surface area contributed by atoms with Gasteiger partial charge in [-0.05, 0) is 67.2 Å². The SMILES string of the molecule is Cl.OC(CCN1CC2CCC(CC2)C1)(c1ccccc1)c1ccc(Br)cc1. The third-order valence-corrected chi connectivity index (χ3v) is 6.89. The lowest BCUT2D eigenvalue weighted by molar-refractivity contribution is 0.0559. The van der Waals surface area contributed by atoms with Crippen molar-refractivity contribution in [3.8, 4) is 0 Å². The molecule has 2 aliphatic heterocycles. The molecule has 4 heteroatoms. The van der Waals surface area contributed by atoms with Crippen molar-refractivity contribution >= 4 is 28.3 Å². The Morgan fingerprint density at radius 1 is 0.852 bits per heavy atom. The van der Waals surface area contributed by atoms with Gasteiger partial charge in [-0.3, -0.25) is 0 Å². The summed E-state index contributed by atoms with van der Waals surface area (Å²) < 4.78 is 1.04. The first-order valence-corrected chi connectivity index (χ1v) is 10.7. The van der Waals surface area contributed by atoms with Crippen molar-refractivity contribution in [2.45, 2.75) is 37.7 Å². The summed E-state index contributed by atoms with van der Waals surface area (Å²) in [6, 6.07) is 18.3. The van der Waals surface area contributed by atoms with Gasteiger partial charge in [0.25, 0.3) is 0 Å². The Morgan fingerprint density at radius 3 is 1.93 bits per heavy atom. The molecule has 2 heterocycles. The van der Waals surface area contributed by atoms with Crippen molar-refractivity contribution in [1.82, 2.24) is 4.90 Å². The van der Waals surface area contributed by atoms with Crippen LogP contribution in [0.2, 0.25) is 0 Å². The Balaban J connectivity index is 0.00000210. The molecule has 146 valence electrons. The zero-order valence-electron chi connectivity index (χ0n) is 15.7. The van der Waals surface area contributed by atoms with Gasteiger partial charge in [-0.2, -0.15) is 0 Å². The fraction of sp³-hybridized carbons (Fsp3) is 0.478. The molecule has 0 amide bonds. The van der Waals surface area contributed by atoms with E-state index in [9.17, 15) is 5.11 Å². The Bertz CT molecular complexity index is 701. The molecular formula is C23H29BrClNO. The number of halogens is 2. The molecule has 1 N–H and O–H groups in total. The highest BCUT2D eigenvalue weighted by atomic mass is 79.9. The zero-order chi connectivity index (χ0) is 18.0. The van der Waals surface area contributed by atoms with Crippen molar-refractivity contribution in [2.75, 3.05) is 19.6 Å². The Morgan fingerprint density at radius 2 is 1.37 bits per heavy atom. The van der Waals surface area contributed by atoms with Crippen LogP contribution in [0.4, 0.5) is 0 Å². The van der Waals surface area contributed by atoms with E-state index in [4.69, 9.17) is 0 Å². The van der Waals surface area contributed by atoms with Gasteiger partial charge in [-0.25, -0.2) is 0 Å². The summed E-state index contributed by atoms with van der Waals surface area (Å²) in [5.74, 6) is 1.73. The van der Waals surface area contributed by atoms with Crippen LogP contribution in [0.3, 0.4) is 0 Å². The number of fused-ring (bicyclic) bond motifs is 4. The van der Waals surface area contributed by atoms with Crippen LogP contribution < -0.4 is 0 Å². The van der Waals surface area contributed by atoms with Gasteiger partial charge in [0.1, 0.15) is 5.60 Å². The van der Waals surface area contributed by atoms with Crippen molar-refractivity contribution < 1.29 is 5.11 Å². The van der Waals surface area contributed by atoms with Crippen LogP contribution in [0.5, 0.6) is 0 Å². The molecule has 1 saturated carbocycles. The smallest absolute Gasteiger partial charge is 0.116 e. The fourth-order valence-corrected chi connectivity index (χ4v) is 5.06. The number of hydrogen-bond acceptors (Lipinski definition) is 2. The van der Waals surface area contributed by atoms with E-state index >= 15 is 0 Å². The quantitative estimate of drug-likeness (QED) is 0.639. The van der Waals surface area contributed by atoms with Crippen LogP contribution in [0, 0.1) is 11.8 Å². The van der Waals surface area contributed by atoms with Crippen LogP contribution in [0.15, 0.2) is 59.1 Å². The molecule has 2 aromatic carbocycles. The van der Waals surface area contributed by atoms with Gasteiger partial charge < -0.3 is 10.0 Å². The summed E-state index contributed by atoms with van der Waals surface area (Å²) in [7, 11) is 0. The van der Waals surface area contributed by atoms with Gasteiger partial charge >= 0.3 is 0 Å². The largest absolute Gasteiger partial charge is 0.380 e. The van der Waals surface area contributed by atoms with Crippen molar-refractivity contribution in [3.05, 3.63) is 70.2 Å². The maximum absolute atomic E-state index is 11.8. The first kappa shape index (κ1) is 20.9. The summed E-state index contributed by atoms with van der Waals surface area (Å²) >= 11 is 3.51. The Labute approximate surface area is 177 Å². The maximum atomic E-state index is 11.8. The average molecular weight is 451 g/mol. The van der Waals surface area contributed by atoms with Crippen LogP contribution in [0.25, 0.3) is 0 Å². The van der Waals surface area contributed by atoms with E-state index in [1.165, 1.54) is 38.8 Å². The van der Waals surface area contributed by atoms with E-state index in [0.29, 0.717) is 0 Å². The molecular weight excluding hydrogens is 422 g/mol.